The number of hydrogen-bond acceptors (Lipinski definition) is 3. The van der Waals surface area contributed by atoms with Crippen molar-refractivity contribution in [1.29, 1.82) is 0 Å². The van der Waals surface area contributed by atoms with Gasteiger partial charge in [-0.1, -0.05) is 0 Å². The van der Waals surface area contributed by atoms with Crippen LogP contribution >= 0.6 is 0 Å². The highest BCUT2D eigenvalue weighted by molar-refractivity contribution is 5.39. The monoisotopic (exact) mass is 168 g/mol. The van der Waals surface area contributed by atoms with Gasteiger partial charge in [0.15, 0.2) is 0 Å². The van der Waals surface area contributed by atoms with Gasteiger partial charge in [0.1, 0.15) is 0 Å². The van der Waals surface area contributed by atoms with Crippen LogP contribution in [-0.4, -0.2) is 21.9 Å². The van der Waals surface area contributed by atoms with Crippen molar-refractivity contribution in [1.82, 2.24) is 9.78 Å². The summed E-state index contributed by atoms with van der Waals surface area (Å²) < 4.78 is 1.76. The summed E-state index contributed by atoms with van der Waals surface area (Å²) in [4.78, 5) is 0. The number of aromatic nitrogens is 2. The molecule has 0 aliphatic heterocycles. The molecule has 1 aromatic rings. The Labute approximate surface area is 72.8 Å². The van der Waals surface area contributed by atoms with Gasteiger partial charge in [-0.05, 0) is 13.8 Å². The molecule has 2 unspecified atom stereocenters. The van der Waals surface area contributed by atoms with Crippen molar-refractivity contribution in [3.8, 4) is 0 Å². The first-order valence-electron chi connectivity index (χ1n) is 4.10. The topological polar surface area (TPSA) is 55.9 Å². The number of anilines is 1. The highest BCUT2D eigenvalue weighted by Crippen LogP contribution is 2.06. The van der Waals surface area contributed by atoms with Crippen molar-refractivity contribution in [3.63, 3.8) is 0 Å². The average Bonchev–Trinajstić information content (AvgIpc) is 2.35. The molecular formula is C8H16N4. The first kappa shape index (κ1) is 9.06. The number of aryl methyl sites for hydroxylation is 1. The van der Waals surface area contributed by atoms with Crippen LogP contribution in [0.4, 0.5) is 5.69 Å². The number of nitrogens with one attached hydrogen (secondary N) is 1. The first-order valence-corrected chi connectivity index (χ1v) is 4.10. The third kappa shape index (κ3) is 2.23. The van der Waals surface area contributed by atoms with Gasteiger partial charge in [-0.3, -0.25) is 4.68 Å². The van der Waals surface area contributed by atoms with E-state index < -0.39 is 0 Å². The maximum Gasteiger partial charge on any atom is 0.0728 e. The van der Waals surface area contributed by atoms with Gasteiger partial charge >= 0.3 is 0 Å². The summed E-state index contributed by atoms with van der Waals surface area (Å²) in [6.07, 6.45) is 3.72. The van der Waals surface area contributed by atoms with Gasteiger partial charge in [0.25, 0.3) is 0 Å². The van der Waals surface area contributed by atoms with Gasteiger partial charge < -0.3 is 11.1 Å². The average molecular weight is 168 g/mol. The van der Waals surface area contributed by atoms with Crippen molar-refractivity contribution in [2.75, 3.05) is 5.32 Å². The Morgan fingerprint density at radius 2 is 2.25 bits per heavy atom. The summed E-state index contributed by atoms with van der Waals surface area (Å²) in [5.41, 5.74) is 6.72. The lowest BCUT2D eigenvalue weighted by molar-refractivity contribution is 0.638. The van der Waals surface area contributed by atoms with E-state index in [1.165, 1.54) is 0 Å². The van der Waals surface area contributed by atoms with E-state index in [-0.39, 0.29) is 12.1 Å². The third-order valence-electron chi connectivity index (χ3n) is 1.89. The van der Waals surface area contributed by atoms with Gasteiger partial charge in [0.2, 0.25) is 0 Å². The van der Waals surface area contributed by atoms with Crippen LogP contribution in [0.5, 0.6) is 0 Å². The SMILES string of the molecule is CC(N)C(C)Nc1cnn(C)c1. The van der Waals surface area contributed by atoms with Gasteiger partial charge in [0, 0.05) is 25.3 Å². The molecule has 1 rings (SSSR count). The molecule has 0 fully saturated rings. The second-order valence-electron chi connectivity index (χ2n) is 3.19. The molecule has 1 aromatic heterocycles. The van der Waals surface area contributed by atoms with Gasteiger partial charge in [-0.2, -0.15) is 5.10 Å². The van der Waals surface area contributed by atoms with Crippen LogP contribution in [0.15, 0.2) is 12.4 Å². The van der Waals surface area contributed by atoms with Crippen LogP contribution in [0, 0.1) is 0 Å². The van der Waals surface area contributed by atoms with Gasteiger partial charge in [-0.15, -0.1) is 0 Å². The Kier molecular flexibility index (Phi) is 2.70. The largest absolute Gasteiger partial charge is 0.379 e. The minimum atomic E-state index is 0.144. The number of nitrogens with two attached hydrogens (primary N) is 1. The quantitative estimate of drug-likeness (QED) is 0.693. The number of hydrogen-bond donors (Lipinski definition) is 2. The van der Waals surface area contributed by atoms with Crippen LogP contribution in [0.3, 0.4) is 0 Å². The van der Waals surface area contributed by atoms with Crippen LogP contribution < -0.4 is 11.1 Å². The zero-order valence-corrected chi connectivity index (χ0v) is 7.78. The summed E-state index contributed by atoms with van der Waals surface area (Å²) in [7, 11) is 1.89. The van der Waals surface area contributed by atoms with Crippen LogP contribution in [-0.2, 0) is 7.05 Å². The summed E-state index contributed by atoms with van der Waals surface area (Å²) in [5.74, 6) is 0. The van der Waals surface area contributed by atoms with E-state index in [0.717, 1.165) is 5.69 Å². The molecule has 0 amide bonds. The third-order valence-corrected chi connectivity index (χ3v) is 1.89. The highest BCUT2D eigenvalue weighted by Gasteiger charge is 2.06. The molecular weight excluding hydrogens is 152 g/mol. The molecule has 0 aromatic carbocycles. The van der Waals surface area contributed by atoms with E-state index in [1.807, 2.05) is 20.2 Å². The molecule has 0 aliphatic carbocycles. The molecule has 0 saturated carbocycles. The molecule has 0 aliphatic rings. The lowest BCUT2D eigenvalue weighted by Gasteiger charge is -2.16. The van der Waals surface area contributed by atoms with E-state index >= 15 is 0 Å². The van der Waals surface area contributed by atoms with E-state index in [2.05, 4.69) is 17.3 Å². The molecule has 4 heteroatoms. The first-order chi connectivity index (χ1) is 5.59. The van der Waals surface area contributed by atoms with Crippen molar-refractivity contribution in [3.05, 3.63) is 12.4 Å². The smallest absolute Gasteiger partial charge is 0.0728 e. The van der Waals surface area contributed by atoms with E-state index in [1.54, 1.807) is 10.9 Å². The van der Waals surface area contributed by atoms with E-state index in [4.69, 9.17) is 5.73 Å². The molecule has 2 atom stereocenters. The van der Waals surface area contributed by atoms with Crippen molar-refractivity contribution < 1.29 is 0 Å². The second kappa shape index (κ2) is 3.58. The predicted molar refractivity (Wildman–Crippen MR) is 49.9 cm³/mol. The molecule has 4 nitrogen and oxygen atoms in total. The van der Waals surface area contributed by atoms with Gasteiger partial charge in [-0.25, -0.2) is 0 Å². The molecule has 3 N–H and O–H groups in total. The summed E-state index contributed by atoms with van der Waals surface area (Å²) >= 11 is 0. The highest BCUT2D eigenvalue weighted by atomic mass is 15.3. The molecule has 1 heterocycles. The zero-order chi connectivity index (χ0) is 9.14. The van der Waals surface area contributed by atoms with Gasteiger partial charge in [0.05, 0.1) is 11.9 Å². The summed E-state index contributed by atoms with van der Waals surface area (Å²) in [6, 6.07) is 0.416. The Hall–Kier alpha value is -1.03. The summed E-state index contributed by atoms with van der Waals surface area (Å²) in [6.45, 7) is 4.03. The molecule has 0 saturated heterocycles. The van der Waals surface area contributed by atoms with Crippen LogP contribution in [0.25, 0.3) is 0 Å². The van der Waals surface area contributed by atoms with Crippen LogP contribution in [0.2, 0.25) is 0 Å². The fraction of sp³-hybridized carbons (Fsp3) is 0.625. The molecule has 12 heavy (non-hydrogen) atoms. The van der Waals surface area contributed by atoms with Crippen LogP contribution in [0.1, 0.15) is 13.8 Å². The lowest BCUT2D eigenvalue weighted by atomic mass is 10.2. The zero-order valence-electron chi connectivity index (χ0n) is 7.78. The summed E-state index contributed by atoms with van der Waals surface area (Å²) in [5, 5.41) is 7.30. The molecule has 0 radical (unpaired) electrons. The Morgan fingerprint density at radius 3 is 2.67 bits per heavy atom. The minimum absolute atomic E-state index is 0.144. The fourth-order valence-electron chi connectivity index (χ4n) is 0.890. The normalized spacial score (nSPS) is 15.7. The standard InChI is InChI=1S/C8H16N4/c1-6(9)7(2)11-8-4-10-12(3)5-8/h4-7,11H,9H2,1-3H3. The van der Waals surface area contributed by atoms with Crippen molar-refractivity contribution >= 4 is 5.69 Å². The molecule has 68 valence electrons. The number of nitrogens with zero attached hydrogens (tertiary/aromatic N) is 2. The maximum absolute atomic E-state index is 5.70. The lowest BCUT2D eigenvalue weighted by Crippen LogP contribution is -2.35. The van der Waals surface area contributed by atoms with Crippen molar-refractivity contribution in [2.45, 2.75) is 25.9 Å². The molecule has 0 bridgehead atoms. The van der Waals surface area contributed by atoms with Crippen molar-refractivity contribution in [2.24, 2.45) is 12.8 Å². The Morgan fingerprint density at radius 1 is 1.58 bits per heavy atom. The van der Waals surface area contributed by atoms with E-state index in [9.17, 15) is 0 Å². The maximum atomic E-state index is 5.70. The number of rotatable bonds is 3. The minimum Gasteiger partial charge on any atom is -0.379 e. The predicted octanol–water partition coefficient (Wildman–Crippen LogP) is 0.568. The fourth-order valence-corrected chi connectivity index (χ4v) is 0.890. The Balaban J connectivity index is 2.52. The second-order valence-corrected chi connectivity index (χ2v) is 3.19. The van der Waals surface area contributed by atoms with E-state index in [0.29, 0.717) is 0 Å². The molecule has 0 spiro atoms. The Bertz CT molecular complexity index is 241.